The number of hydrogen-bond acceptors (Lipinski definition) is 0. The van der Waals surface area contributed by atoms with Crippen molar-refractivity contribution < 1.29 is 0 Å². The average molecular weight is 638 g/mol. The van der Waals surface area contributed by atoms with Gasteiger partial charge in [0, 0.05) is 11.1 Å². The van der Waals surface area contributed by atoms with Crippen molar-refractivity contribution in [2.75, 3.05) is 0 Å². The van der Waals surface area contributed by atoms with E-state index in [-0.39, 0.29) is 0 Å². The molecule has 0 unspecified atom stereocenters. The summed E-state index contributed by atoms with van der Waals surface area (Å²) in [6.45, 7) is 0. The van der Waals surface area contributed by atoms with Crippen LogP contribution in [0.15, 0.2) is 158 Å². The van der Waals surface area contributed by atoms with Crippen LogP contribution < -0.4 is 0 Å². The summed E-state index contributed by atoms with van der Waals surface area (Å²) in [7, 11) is 0. The first kappa shape index (κ1) is 25.0. The standard InChI is InChI=1S/C42H26N2Se/c1-2-10-29(11-3-1)43-37-15-7-4-12-31(37)34-24-27(18-21-39(34)43)28-19-22-40-35(25-28)32-13-5-8-16-38(32)44(40)30-20-23-42-36(26-30)33-14-6-9-17-41(33)45-42/h1-26H. The molecule has 0 spiro atoms. The number of nitrogens with zero attached hydrogens (tertiary/aromatic N) is 2. The van der Waals surface area contributed by atoms with E-state index in [1.165, 1.54) is 85.4 Å². The number of fused-ring (bicyclic) bond motifs is 9. The van der Waals surface area contributed by atoms with E-state index in [9.17, 15) is 0 Å². The van der Waals surface area contributed by atoms with Gasteiger partial charge in [0.05, 0.1) is 11.0 Å². The predicted molar refractivity (Wildman–Crippen MR) is 193 cm³/mol. The summed E-state index contributed by atoms with van der Waals surface area (Å²) in [4.78, 5) is 0. The van der Waals surface area contributed by atoms with Crippen LogP contribution in [0.25, 0.3) is 85.4 Å². The summed E-state index contributed by atoms with van der Waals surface area (Å²) in [6.07, 6.45) is 0. The molecule has 0 saturated carbocycles. The van der Waals surface area contributed by atoms with Gasteiger partial charge >= 0.3 is 185 Å². The van der Waals surface area contributed by atoms with E-state index in [0.717, 1.165) is 0 Å². The Kier molecular flexibility index (Phi) is 5.33. The molecule has 0 fully saturated rings. The molecule has 45 heavy (non-hydrogen) atoms. The van der Waals surface area contributed by atoms with Crippen LogP contribution in [-0.4, -0.2) is 23.6 Å². The molecule has 3 heteroatoms. The van der Waals surface area contributed by atoms with Crippen LogP contribution in [-0.2, 0) is 0 Å². The van der Waals surface area contributed by atoms with E-state index in [0.29, 0.717) is 14.5 Å². The number of para-hydroxylation sites is 3. The van der Waals surface area contributed by atoms with Crippen LogP contribution in [0.4, 0.5) is 0 Å². The number of aromatic nitrogens is 2. The summed E-state index contributed by atoms with van der Waals surface area (Å²) in [5.41, 5.74) is 9.79. The van der Waals surface area contributed by atoms with Crippen LogP contribution in [0.5, 0.6) is 0 Å². The van der Waals surface area contributed by atoms with Crippen molar-refractivity contribution in [2.45, 2.75) is 0 Å². The minimum absolute atomic E-state index is 0.370. The zero-order valence-corrected chi connectivity index (χ0v) is 26.0. The molecule has 2 nitrogen and oxygen atoms in total. The maximum absolute atomic E-state index is 2.44. The fourth-order valence-corrected chi connectivity index (χ4v) is 9.57. The van der Waals surface area contributed by atoms with E-state index in [4.69, 9.17) is 0 Å². The van der Waals surface area contributed by atoms with E-state index in [1.54, 1.807) is 0 Å². The van der Waals surface area contributed by atoms with Crippen LogP contribution in [0.2, 0.25) is 0 Å². The van der Waals surface area contributed by atoms with Crippen molar-refractivity contribution >= 4 is 77.4 Å². The third-order valence-electron chi connectivity index (χ3n) is 9.31. The van der Waals surface area contributed by atoms with Gasteiger partial charge in [-0.2, -0.15) is 0 Å². The molecule has 10 aromatic rings. The van der Waals surface area contributed by atoms with Gasteiger partial charge in [-0.15, -0.1) is 0 Å². The van der Waals surface area contributed by atoms with E-state index >= 15 is 0 Å². The molecule has 3 aromatic heterocycles. The predicted octanol–water partition coefficient (Wildman–Crippen LogP) is 10.9. The molecule has 0 saturated heterocycles. The number of benzene rings is 7. The van der Waals surface area contributed by atoms with Crippen LogP contribution in [0.3, 0.4) is 0 Å². The zero-order valence-electron chi connectivity index (χ0n) is 24.3. The summed E-state index contributed by atoms with van der Waals surface area (Å²) >= 11 is 0.370. The second kappa shape index (κ2) is 9.58. The molecule has 3 heterocycles. The first-order valence-corrected chi connectivity index (χ1v) is 17.1. The molecule has 0 N–H and O–H groups in total. The molecule has 0 aliphatic rings. The van der Waals surface area contributed by atoms with Gasteiger partial charge in [0.1, 0.15) is 0 Å². The van der Waals surface area contributed by atoms with Gasteiger partial charge in [0.15, 0.2) is 0 Å². The zero-order chi connectivity index (χ0) is 29.5. The minimum atomic E-state index is 0.370. The van der Waals surface area contributed by atoms with Crippen molar-refractivity contribution in [1.82, 2.24) is 9.13 Å². The van der Waals surface area contributed by atoms with Gasteiger partial charge in [-0.1, -0.05) is 36.4 Å². The molecular formula is C42H26N2Se. The molecule has 7 aromatic carbocycles. The Hall–Kier alpha value is -5.34. The second-order valence-corrected chi connectivity index (χ2v) is 14.1. The molecule has 0 amide bonds. The Morgan fingerprint density at radius 2 is 0.822 bits per heavy atom. The van der Waals surface area contributed by atoms with Crippen LogP contribution in [0, 0.1) is 0 Å². The van der Waals surface area contributed by atoms with Crippen molar-refractivity contribution in [3.63, 3.8) is 0 Å². The third-order valence-corrected chi connectivity index (χ3v) is 11.7. The molecule has 0 atom stereocenters. The Balaban J connectivity index is 1.18. The monoisotopic (exact) mass is 638 g/mol. The summed E-state index contributed by atoms with van der Waals surface area (Å²) in [6, 6.07) is 58.1. The molecular weight excluding hydrogens is 611 g/mol. The Labute approximate surface area is 265 Å². The number of hydrogen-bond donors (Lipinski definition) is 0. The van der Waals surface area contributed by atoms with Crippen molar-refractivity contribution in [2.24, 2.45) is 0 Å². The third kappa shape index (κ3) is 3.69. The summed E-state index contributed by atoms with van der Waals surface area (Å²) < 4.78 is 7.77. The van der Waals surface area contributed by atoms with Crippen LogP contribution >= 0.6 is 0 Å². The van der Waals surface area contributed by atoms with Gasteiger partial charge in [0.2, 0.25) is 0 Å². The van der Waals surface area contributed by atoms with E-state index < -0.39 is 0 Å². The maximum atomic E-state index is 2.44. The average Bonchev–Trinajstić information content (AvgIpc) is 3.75. The Bertz CT molecular complexity index is 2760. The topological polar surface area (TPSA) is 9.86 Å². The van der Waals surface area contributed by atoms with Gasteiger partial charge in [-0.25, -0.2) is 0 Å². The van der Waals surface area contributed by atoms with Crippen molar-refractivity contribution in [1.29, 1.82) is 0 Å². The fraction of sp³-hybridized carbons (Fsp3) is 0. The Morgan fingerprint density at radius 1 is 0.311 bits per heavy atom. The molecule has 0 aliphatic carbocycles. The summed E-state index contributed by atoms with van der Waals surface area (Å²) in [5, 5.41) is 7.88. The van der Waals surface area contributed by atoms with E-state index in [2.05, 4.69) is 167 Å². The van der Waals surface area contributed by atoms with Gasteiger partial charge in [0.25, 0.3) is 0 Å². The number of rotatable bonds is 3. The molecule has 210 valence electrons. The quantitative estimate of drug-likeness (QED) is 0.171. The molecule has 0 bridgehead atoms. The van der Waals surface area contributed by atoms with Gasteiger partial charge < -0.3 is 4.57 Å². The normalized spacial score (nSPS) is 12.0. The molecule has 0 radical (unpaired) electrons. The van der Waals surface area contributed by atoms with Gasteiger partial charge in [-0.05, 0) is 18.2 Å². The first-order valence-electron chi connectivity index (χ1n) is 15.4. The fourth-order valence-electron chi connectivity index (χ4n) is 7.29. The molecule has 0 aliphatic heterocycles. The van der Waals surface area contributed by atoms with E-state index in [1.807, 2.05) is 0 Å². The van der Waals surface area contributed by atoms with Crippen molar-refractivity contribution in [3.05, 3.63) is 158 Å². The first-order chi connectivity index (χ1) is 22.3. The van der Waals surface area contributed by atoms with Crippen LogP contribution in [0.1, 0.15) is 0 Å². The molecule has 10 rings (SSSR count). The SMILES string of the molecule is c1ccc(-n2c3ccccc3c3cc(-c4ccc5c(c4)c4ccccc4n5-c4ccc5[se]c6ccccc6c5c4)ccc32)cc1. The summed E-state index contributed by atoms with van der Waals surface area (Å²) in [5.74, 6) is 0. The Morgan fingerprint density at radius 3 is 1.49 bits per heavy atom. The second-order valence-electron chi connectivity index (χ2n) is 11.8. The van der Waals surface area contributed by atoms with Crippen molar-refractivity contribution in [3.8, 4) is 22.5 Å². The minimum Gasteiger partial charge on any atom is -0.0602 e. The van der Waals surface area contributed by atoms with Gasteiger partial charge in [-0.3, -0.25) is 0 Å². The smallest absolute Gasteiger partial charge is 0.0602 e.